The number of fused-ring (bicyclic) bond motifs is 2. The van der Waals surface area contributed by atoms with Gasteiger partial charge in [-0.3, -0.25) is 4.79 Å². The van der Waals surface area contributed by atoms with Crippen molar-refractivity contribution in [3.05, 3.63) is 108 Å². The molecule has 1 heterocycles. The molecule has 1 aromatic heterocycles. The first-order valence-electron chi connectivity index (χ1n) is 11.6. The van der Waals surface area contributed by atoms with Crippen molar-refractivity contribution in [1.82, 2.24) is 14.9 Å². The van der Waals surface area contributed by atoms with Crippen LogP contribution in [0.5, 0.6) is 5.75 Å². The molecule has 5 nitrogen and oxygen atoms in total. The molecule has 0 unspecified atom stereocenters. The lowest BCUT2D eigenvalue weighted by atomic mass is 10.1. The van der Waals surface area contributed by atoms with Crippen molar-refractivity contribution in [3.63, 3.8) is 0 Å². The average molecular weight is 450 g/mol. The minimum absolute atomic E-state index is 0.0214. The first kappa shape index (κ1) is 21.7. The van der Waals surface area contributed by atoms with Crippen LogP contribution in [0.1, 0.15) is 11.4 Å². The summed E-state index contributed by atoms with van der Waals surface area (Å²) < 4.78 is 8.39. The van der Waals surface area contributed by atoms with E-state index in [1.165, 1.54) is 5.39 Å². The van der Waals surface area contributed by atoms with Crippen LogP contribution in [0.15, 0.2) is 97.1 Å². The number of carbonyl (C=O) groups excluding carboxylic acids is 1. The summed E-state index contributed by atoms with van der Waals surface area (Å²) in [6, 6.07) is 32.3. The largest absolute Gasteiger partial charge is 0.491 e. The highest BCUT2D eigenvalue weighted by Crippen LogP contribution is 2.25. The lowest BCUT2D eigenvalue weighted by molar-refractivity contribution is -0.120. The smallest absolute Gasteiger partial charge is 0.224 e. The van der Waals surface area contributed by atoms with Crippen LogP contribution in [0.25, 0.3) is 21.8 Å². The molecular weight excluding hydrogens is 422 g/mol. The summed E-state index contributed by atoms with van der Waals surface area (Å²) in [5.41, 5.74) is 3.05. The van der Waals surface area contributed by atoms with Crippen LogP contribution in [0.2, 0.25) is 0 Å². The van der Waals surface area contributed by atoms with Gasteiger partial charge in [0.05, 0.1) is 24.0 Å². The zero-order chi connectivity index (χ0) is 23.2. The number of rotatable bonds is 9. The molecule has 5 aromatic rings. The number of carbonyl (C=O) groups is 1. The van der Waals surface area contributed by atoms with E-state index in [4.69, 9.17) is 9.72 Å². The molecule has 5 heteroatoms. The van der Waals surface area contributed by atoms with Crippen LogP contribution in [0, 0.1) is 0 Å². The van der Waals surface area contributed by atoms with Gasteiger partial charge in [0.25, 0.3) is 0 Å². The van der Waals surface area contributed by atoms with Crippen LogP contribution >= 0.6 is 0 Å². The molecule has 0 saturated heterocycles. The SMILES string of the molecule is O=C(Cc1ccccc1)NCCc1nc2ccccc2n1CCOc1cccc2ccccc12. The normalized spacial score (nSPS) is 11.1. The van der Waals surface area contributed by atoms with Gasteiger partial charge in [-0.2, -0.15) is 0 Å². The number of ether oxygens (including phenoxy) is 1. The Bertz CT molecular complexity index is 1400. The zero-order valence-corrected chi connectivity index (χ0v) is 19.0. The minimum atomic E-state index is 0.0214. The molecule has 0 saturated carbocycles. The summed E-state index contributed by atoms with van der Waals surface area (Å²) in [7, 11) is 0. The van der Waals surface area contributed by atoms with Crippen molar-refractivity contribution in [2.45, 2.75) is 19.4 Å². The highest BCUT2D eigenvalue weighted by molar-refractivity contribution is 5.88. The van der Waals surface area contributed by atoms with Gasteiger partial charge in [0, 0.05) is 18.4 Å². The summed E-state index contributed by atoms with van der Waals surface area (Å²) >= 11 is 0. The Morgan fingerprint density at radius 3 is 2.53 bits per heavy atom. The molecule has 34 heavy (non-hydrogen) atoms. The topological polar surface area (TPSA) is 56.2 Å². The lowest BCUT2D eigenvalue weighted by Crippen LogP contribution is -2.28. The van der Waals surface area contributed by atoms with Crippen molar-refractivity contribution in [2.75, 3.05) is 13.2 Å². The standard InChI is InChI=1S/C29H27N3O2/c33-29(21-22-9-2-1-3-10-22)30-18-17-28-31-25-14-6-7-15-26(25)32(28)19-20-34-27-16-8-12-23-11-4-5-13-24(23)27/h1-16H,17-21H2,(H,30,33). The average Bonchev–Trinajstić information content (AvgIpc) is 3.22. The molecule has 5 rings (SSSR count). The third kappa shape index (κ3) is 4.94. The first-order chi connectivity index (χ1) is 16.8. The number of nitrogens with zero attached hydrogens (tertiary/aromatic N) is 2. The van der Waals surface area contributed by atoms with E-state index in [0.29, 0.717) is 32.5 Å². The third-order valence-corrected chi connectivity index (χ3v) is 5.93. The van der Waals surface area contributed by atoms with E-state index in [0.717, 1.165) is 33.6 Å². The van der Waals surface area contributed by atoms with Crippen LogP contribution in [-0.2, 0) is 24.2 Å². The maximum atomic E-state index is 12.3. The fraction of sp³-hybridized carbons (Fsp3) is 0.172. The Balaban J connectivity index is 1.25. The van der Waals surface area contributed by atoms with Gasteiger partial charge >= 0.3 is 0 Å². The minimum Gasteiger partial charge on any atom is -0.491 e. The molecule has 0 radical (unpaired) electrons. The number of hydrogen-bond donors (Lipinski definition) is 1. The van der Waals surface area contributed by atoms with E-state index in [2.05, 4.69) is 34.1 Å². The van der Waals surface area contributed by atoms with Gasteiger partial charge in [-0.25, -0.2) is 4.98 Å². The monoisotopic (exact) mass is 449 g/mol. The Labute approximate surface area is 199 Å². The lowest BCUT2D eigenvalue weighted by Gasteiger charge is -2.13. The van der Waals surface area contributed by atoms with Gasteiger partial charge < -0.3 is 14.6 Å². The van der Waals surface area contributed by atoms with E-state index in [-0.39, 0.29) is 5.91 Å². The van der Waals surface area contributed by atoms with Gasteiger partial charge in [-0.05, 0) is 29.1 Å². The summed E-state index contributed by atoms with van der Waals surface area (Å²) in [5.74, 6) is 1.85. The van der Waals surface area contributed by atoms with Crippen molar-refractivity contribution >= 4 is 27.7 Å². The summed E-state index contributed by atoms with van der Waals surface area (Å²) in [6.07, 6.45) is 1.04. The van der Waals surface area contributed by atoms with Crippen molar-refractivity contribution in [3.8, 4) is 5.75 Å². The van der Waals surface area contributed by atoms with Gasteiger partial charge in [-0.15, -0.1) is 0 Å². The van der Waals surface area contributed by atoms with Crippen LogP contribution < -0.4 is 10.1 Å². The Morgan fingerprint density at radius 1 is 0.853 bits per heavy atom. The van der Waals surface area contributed by atoms with Crippen molar-refractivity contribution < 1.29 is 9.53 Å². The predicted molar refractivity (Wildman–Crippen MR) is 136 cm³/mol. The highest BCUT2D eigenvalue weighted by atomic mass is 16.5. The van der Waals surface area contributed by atoms with Gasteiger partial charge in [0.1, 0.15) is 18.2 Å². The molecule has 1 N–H and O–H groups in total. The quantitative estimate of drug-likeness (QED) is 0.338. The molecule has 0 spiro atoms. The number of benzene rings is 4. The second kappa shape index (κ2) is 10.2. The van der Waals surface area contributed by atoms with Gasteiger partial charge in [0.15, 0.2) is 0 Å². The zero-order valence-electron chi connectivity index (χ0n) is 19.0. The highest BCUT2D eigenvalue weighted by Gasteiger charge is 2.12. The molecule has 0 atom stereocenters. The maximum absolute atomic E-state index is 12.3. The van der Waals surface area contributed by atoms with Crippen LogP contribution in [0.4, 0.5) is 0 Å². The molecule has 4 aromatic carbocycles. The van der Waals surface area contributed by atoms with E-state index in [1.807, 2.05) is 72.8 Å². The molecule has 0 aliphatic rings. The summed E-state index contributed by atoms with van der Waals surface area (Å²) in [5, 5.41) is 5.31. The molecule has 0 aliphatic carbocycles. The van der Waals surface area contributed by atoms with Gasteiger partial charge in [0.2, 0.25) is 5.91 Å². The fourth-order valence-corrected chi connectivity index (χ4v) is 4.29. The summed E-state index contributed by atoms with van der Waals surface area (Å²) in [6.45, 7) is 1.75. The van der Waals surface area contributed by atoms with Crippen molar-refractivity contribution in [2.24, 2.45) is 0 Å². The van der Waals surface area contributed by atoms with Crippen molar-refractivity contribution in [1.29, 1.82) is 0 Å². The number of imidazole rings is 1. The Morgan fingerprint density at radius 2 is 1.62 bits per heavy atom. The molecular formula is C29H27N3O2. The first-order valence-corrected chi connectivity index (χ1v) is 11.6. The van der Waals surface area contributed by atoms with Crippen LogP contribution in [-0.4, -0.2) is 28.6 Å². The molecule has 0 aliphatic heterocycles. The second-order valence-electron chi connectivity index (χ2n) is 8.26. The van der Waals surface area contributed by atoms with E-state index < -0.39 is 0 Å². The third-order valence-electron chi connectivity index (χ3n) is 5.93. The summed E-state index contributed by atoms with van der Waals surface area (Å²) in [4.78, 5) is 17.2. The number of hydrogen-bond acceptors (Lipinski definition) is 3. The molecule has 0 bridgehead atoms. The predicted octanol–water partition coefficient (Wildman–Crippen LogP) is 5.17. The maximum Gasteiger partial charge on any atom is 0.224 e. The van der Waals surface area contributed by atoms with Gasteiger partial charge in [-0.1, -0.05) is 78.9 Å². The van der Waals surface area contributed by atoms with Crippen LogP contribution in [0.3, 0.4) is 0 Å². The Kier molecular flexibility index (Phi) is 6.52. The van der Waals surface area contributed by atoms with E-state index >= 15 is 0 Å². The second-order valence-corrected chi connectivity index (χ2v) is 8.26. The van der Waals surface area contributed by atoms with E-state index in [1.54, 1.807) is 0 Å². The number of amides is 1. The molecule has 0 fully saturated rings. The number of para-hydroxylation sites is 2. The fourth-order valence-electron chi connectivity index (χ4n) is 4.29. The number of aromatic nitrogens is 2. The molecule has 170 valence electrons. The Hall–Kier alpha value is -4.12. The van der Waals surface area contributed by atoms with E-state index in [9.17, 15) is 4.79 Å². The molecule has 1 amide bonds. The number of nitrogens with one attached hydrogen (secondary N) is 1.